The highest BCUT2D eigenvalue weighted by Crippen LogP contribution is 2.12. The van der Waals surface area contributed by atoms with Gasteiger partial charge in [-0.15, -0.1) is 0 Å². The minimum Gasteiger partial charge on any atom is -0.462 e. The molecule has 6 nitrogen and oxygen atoms in total. The lowest BCUT2D eigenvalue weighted by Crippen LogP contribution is -2.30. The molecule has 0 unspecified atom stereocenters. The van der Waals surface area contributed by atoms with E-state index in [1.165, 1.54) is 77.0 Å². The number of carbonyl (C=O) groups excluding carboxylic acids is 3. The van der Waals surface area contributed by atoms with Crippen molar-refractivity contribution in [1.82, 2.24) is 0 Å². The molecule has 6 heteroatoms. The lowest BCUT2D eigenvalue weighted by Gasteiger charge is -2.18. The Morgan fingerprint density at radius 3 is 1.08 bits per heavy atom. The fourth-order valence-corrected chi connectivity index (χ4v) is 6.77. The SMILES string of the molecule is CC/C=C\C/C=C\C/C=C\C/C=C\C/C=C\CCCC(=O)OC[C@H](COC(=O)CCCCCCC/C=C\CCCCCCCC)OC(=O)CCCC/C=C\C/C=C\C/C=C\CCCCC. The number of ether oxygens (including phenoxy) is 3. The number of rotatable bonds is 46. The molecule has 0 fully saturated rings. The molecule has 0 bridgehead atoms. The highest BCUT2D eigenvalue weighted by molar-refractivity contribution is 5.71. The third-order valence-corrected chi connectivity index (χ3v) is 10.7. The Kier molecular flexibility index (Phi) is 49.5. The third kappa shape index (κ3) is 50.9. The number of hydrogen-bond donors (Lipinski definition) is 0. The summed E-state index contributed by atoms with van der Waals surface area (Å²) >= 11 is 0. The van der Waals surface area contributed by atoms with Crippen LogP contribution in [-0.2, 0) is 28.6 Å². The summed E-state index contributed by atoms with van der Waals surface area (Å²) in [6.07, 6.45) is 70.8. The number of esters is 3. The van der Waals surface area contributed by atoms with E-state index in [-0.39, 0.29) is 44.0 Å². The predicted molar refractivity (Wildman–Crippen MR) is 279 cm³/mol. The Morgan fingerprint density at radius 1 is 0.323 bits per heavy atom. The van der Waals surface area contributed by atoms with E-state index >= 15 is 0 Å². The molecule has 0 radical (unpaired) electrons. The molecule has 65 heavy (non-hydrogen) atoms. The molecular weight excluding hydrogens is 805 g/mol. The van der Waals surface area contributed by atoms with E-state index in [0.29, 0.717) is 19.3 Å². The lowest BCUT2D eigenvalue weighted by molar-refractivity contribution is -0.167. The van der Waals surface area contributed by atoms with Crippen LogP contribution >= 0.6 is 0 Å². The fraction of sp³-hybridized carbons (Fsp3) is 0.644. The van der Waals surface area contributed by atoms with E-state index in [1.807, 2.05) is 0 Å². The van der Waals surface area contributed by atoms with E-state index < -0.39 is 6.10 Å². The summed E-state index contributed by atoms with van der Waals surface area (Å²) < 4.78 is 16.7. The molecule has 0 heterocycles. The van der Waals surface area contributed by atoms with Crippen LogP contribution in [0.5, 0.6) is 0 Å². The molecule has 0 aliphatic rings. The number of hydrogen-bond acceptors (Lipinski definition) is 6. The van der Waals surface area contributed by atoms with Crippen molar-refractivity contribution >= 4 is 17.9 Å². The van der Waals surface area contributed by atoms with Gasteiger partial charge in [0.1, 0.15) is 13.2 Å². The van der Waals surface area contributed by atoms with Crippen LogP contribution in [0.15, 0.2) is 109 Å². The number of carbonyl (C=O) groups is 3. The highest BCUT2D eigenvalue weighted by atomic mass is 16.6. The summed E-state index contributed by atoms with van der Waals surface area (Å²) in [6, 6.07) is 0. The molecule has 0 aromatic heterocycles. The van der Waals surface area contributed by atoms with Crippen molar-refractivity contribution in [2.24, 2.45) is 0 Å². The topological polar surface area (TPSA) is 78.9 Å². The van der Waals surface area contributed by atoms with Crippen molar-refractivity contribution in [3.63, 3.8) is 0 Å². The maximum Gasteiger partial charge on any atom is 0.306 e. The van der Waals surface area contributed by atoms with Gasteiger partial charge in [-0.25, -0.2) is 0 Å². The van der Waals surface area contributed by atoms with Gasteiger partial charge in [-0.05, 0) is 122 Å². The zero-order valence-electron chi connectivity index (χ0n) is 42.0. The molecule has 1 atom stereocenters. The monoisotopic (exact) mass is 901 g/mol. The Labute approximate surface area is 400 Å². The summed E-state index contributed by atoms with van der Waals surface area (Å²) in [4.78, 5) is 38.0. The Morgan fingerprint density at radius 2 is 0.615 bits per heavy atom. The predicted octanol–water partition coefficient (Wildman–Crippen LogP) is 17.5. The van der Waals surface area contributed by atoms with Gasteiger partial charge in [0.05, 0.1) is 0 Å². The van der Waals surface area contributed by atoms with Crippen LogP contribution in [0.4, 0.5) is 0 Å². The second kappa shape index (κ2) is 52.7. The average Bonchev–Trinajstić information content (AvgIpc) is 3.30. The molecule has 0 rings (SSSR count). The largest absolute Gasteiger partial charge is 0.462 e. The van der Waals surface area contributed by atoms with Crippen LogP contribution in [0, 0.1) is 0 Å². The summed E-state index contributed by atoms with van der Waals surface area (Å²) in [5.74, 6) is -1.03. The maximum atomic E-state index is 12.8. The highest BCUT2D eigenvalue weighted by Gasteiger charge is 2.19. The van der Waals surface area contributed by atoms with Gasteiger partial charge in [-0.3, -0.25) is 14.4 Å². The number of allylic oxidation sites excluding steroid dienone is 18. The molecule has 0 aromatic rings. The van der Waals surface area contributed by atoms with Crippen LogP contribution in [0.3, 0.4) is 0 Å². The van der Waals surface area contributed by atoms with Crippen LogP contribution in [-0.4, -0.2) is 37.2 Å². The van der Waals surface area contributed by atoms with Crippen molar-refractivity contribution in [1.29, 1.82) is 0 Å². The molecule has 0 aliphatic heterocycles. The van der Waals surface area contributed by atoms with Crippen LogP contribution in [0.2, 0.25) is 0 Å². The van der Waals surface area contributed by atoms with Crippen LogP contribution in [0.25, 0.3) is 0 Å². The van der Waals surface area contributed by atoms with Gasteiger partial charge in [-0.1, -0.05) is 194 Å². The Hall–Kier alpha value is -3.93. The second-order valence-electron chi connectivity index (χ2n) is 17.0. The van der Waals surface area contributed by atoms with E-state index in [1.54, 1.807) is 0 Å². The van der Waals surface area contributed by atoms with Gasteiger partial charge in [0, 0.05) is 19.3 Å². The zero-order valence-corrected chi connectivity index (χ0v) is 42.0. The van der Waals surface area contributed by atoms with Crippen LogP contribution in [0.1, 0.15) is 226 Å². The normalized spacial score (nSPS) is 13.0. The second-order valence-corrected chi connectivity index (χ2v) is 17.0. The summed E-state index contributed by atoms with van der Waals surface area (Å²) in [5, 5.41) is 0. The molecule has 0 N–H and O–H groups in total. The van der Waals surface area contributed by atoms with Crippen molar-refractivity contribution in [2.45, 2.75) is 232 Å². The zero-order chi connectivity index (χ0) is 47.2. The molecule has 0 saturated heterocycles. The Balaban J connectivity index is 4.57. The quantitative estimate of drug-likeness (QED) is 0.0262. The minimum atomic E-state index is -0.826. The summed E-state index contributed by atoms with van der Waals surface area (Å²) in [6.45, 7) is 6.39. The van der Waals surface area contributed by atoms with Gasteiger partial charge in [-0.2, -0.15) is 0 Å². The molecule has 0 aliphatic carbocycles. The molecule has 0 saturated carbocycles. The fourth-order valence-electron chi connectivity index (χ4n) is 6.77. The first-order valence-corrected chi connectivity index (χ1v) is 26.4. The first-order chi connectivity index (χ1) is 32.0. The minimum absolute atomic E-state index is 0.117. The molecule has 0 amide bonds. The Bertz CT molecular complexity index is 1360. The first kappa shape index (κ1) is 61.1. The van der Waals surface area contributed by atoms with Crippen LogP contribution < -0.4 is 0 Å². The van der Waals surface area contributed by atoms with Gasteiger partial charge < -0.3 is 14.2 Å². The average molecular weight is 901 g/mol. The van der Waals surface area contributed by atoms with Gasteiger partial charge in [0.2, 0.25) is 0 Å². The molecule has 0 spiro atoms. The molecule has 0 aromatic carbocycles. The van der Waals surface area contributed by atoms with E-state index in [4.69, 9.17) is 14.2 Å². The smallest absolute Gasteiger partial charge is 0.306 e. The van der Waals surface area contributed by atoms with Crippen molar-refractivity contribution in [3.05, 3.63) is 109 Å². The van der Waals surface area contributed by atoms with E-state index in [9.17, 15) is 14.4 Å². The number of unbranched alkanes of at least 4 members (excludes halogenated alkanes) is 17. The van der Waals surface area contributed by atoms with Crippen molar-refractivity contribution in [3.8, 4) is 0 Å². The van der Waals surface area contributed by atoms with Gasteiger partial charge >= 0.3 is 17.9 Å². The van der Waals surface area contributed by atoms with Gasteiger partial charge in [0.15, 0.2) is 6.10 Å². The van der Waals surface area contributed by atoms with Crippen molar-refractivity contribution < 1.29 is 28.6 Å². The summed E-state index contributed by atoms with van der Waals surface area (Å²) in [7, 11) is 0. The van der Waals surface area contributed by atoms with Gasteiger partial charge in [0.25, 0.3) is 0 Å². The molecule has 368 valence electrons. The van der Waals surface area contributed by atoms with E-state index in [2.05, 4.69) is 130 Å². The van der Waals surface area contributed by atoms with E-state index in [0.717, 1.165) is 96.3 Å². The maximum absolute atomic E-state index is 12.8. The summed E-state index contributed by atoms with van der Waals surface area (Å²) in [5.41, 5.74) is 0. The lowest BCUT2D eigenvalue weighted by atomic mass is 10.1. The molecular formula is C59H96O6. The standard InChI is InChI=1S/C59H96O6/c1-4-7-10-13-16-19-22-25-28-29-32-34-37-40-43-46-49-52-58(61)64-55-56(65-59(62)53-50-47-44-41-38-35-31-27-24-21-18-15-12-9-6-3)54-63-57(60)51-48-45-42-39-36-33-30-26-23-20-17-14-11-8-5-2/h7,10,16,18-19,21,25-28,30-32,34,38,40-41,43,56H,4-6,8-9,11-15,17,20,22-24,29,33,35-37,39,42,44-55H2,1-3H3/b10-7-,19-16-,21-18-,28-25-,30-26-,31-27-,34-32-,41-38-,43-40-/t56-/m0/s1. The first-order valence-electron chi connectivity index (χ1n) is 26.4. The third-order valence-electron chi connectivity index (χ3n) is 10.7. The van der Waals surface area contributed by atoms with Crippen molar-refractivity contribution in [2.75, 3.05) is 13.2 Å².